The Morgan fingerprint density at radius 2 is 1.78 bits per heavy atom. The zero-order valence-corrected chi connectivity index (χ0v) is 16.8. The van der Waals surface area contributed by atoms with Gasteiger partial charge in [-0.2, -0.15) is 0 Å². The largest absolute Gasteiger partial charge is 0.414 e. The predicted molar refractivity (Wildman–Crippen MR) is 97.8 cm³/mol. The first kappa shape index (κ1) is 19.4. The Morgan fingerprint density at radius 1 is 1.13 bits per heavy atom. The third-order valence-electron chi connectivity index (χ3n) is 6.55. The molecule has 2 aliphatic carbocycles. The molecule has 0 bridgehead atoms. The highest BCUT2D eigenvalue weighted by Crippen LogP contribution is 2.59. The number of hydrogen-bond donors (Lipinski definition) is 2. The van der Waals surface area contributed by atoms with Crippen LogP contribution < -0.4 is 0 Å². The summed E-state index contributed by atoms with van der Waals surface area (Å²) in [5.41, 5.74) is 0.386. The molecule has 0 amide bonds. The third-order valence-corrected chi connectivity index (χ3v) is 7.56. The van der Waals surface area contributed by atoms with E-state index >= 15 is 0 Å². The number of fused-ring (bicyclic) bond motifs is 1. The van der Waals surface area contributed by atoms with Crippen molar-refractivity contribution in [1.82, 2.24) is 0 Å². The van der Waals surface area contributed by atoms with E-state index in [1.807, 2.05) is 0 Å². The summed E-state index contributed by atoms with van der Waals surface area (Å²) in [5.74, 6) is 2.03. The molecule has 2 N–H and O–H groups in total. The van der Waals surface area contributed by atoms with Crippen molar-refractivity contribution in [3.63, 3.8) is 0 Å². The summed E-state index contributed by atoms with van der Waals surface area (Å²) in [6.45, 7) is 12.0. The van der Waals surface area contributed by atoms with Gasteiger partial charge >= 0.3 is 0 Å². The normalized spacial score (nSPS) is 36.3. The van der Waals surface area contributed by atoms with Crippen LogP contribution in [0.25, 0.3) is 0 Å². The molecule has 2 aliphatic rings. The Labute approximate surface area is 144 Å². The summed E-state index contributed by atoms with van der Waals surface area (Å²) >= 11 is 0. The second-order valence-electron chi connectivity index (χ2n) is 9.40. The van der Waals surface area contributed by atoms with E-state index in [0.29, 0.717) is 29.3 Å². The molecular formula is C19H38O3Si. The second-order valence-corrected chi connectivity index (χ2v) is 13.9. The molecule has 0 aliphatic heterocycles. The van der Waals surface area contributed by atoms with Gasteiger partial charge < -0.3 is 14.6 Å². The lowest BCUT2D eigenvalue weighted by Gasteiger charge is -2.48. The predicted octanol–water partition coefficient (Wildman–Crippen LogP) is 4.05. The van der Waals surface area contributed by atoms with Crippen molar-refractivity contribution in [2.24, 2.45) is 29.1 Å². The molecule has 2 rings (SSSR count). The minimum absolute atomic E-state index is 0.0465. The summed E-state index contributed by atoms with van der Waals surface area (Å²) in [7, 11) is -1.49. The van der Waals surface area contributed by atoms with E-state index in [2.05, 4.69) is 33.5 Å². The van der Waals surface area contributed by atoms with Crippen LogP contribution in [0.3, 0.4) is 0 Å². The van der Waals surface area contributed by atoms with E-state index in [1.54, 1.807) is 0 Å². The molecular weight excluding hydrogens is 304 g/mol. The van der Waals surface area contributed by atoms with Gasteiger partial charge in [0.15, 0.2) is 8.32 Å². The van der Waals surface area contributed by atoms with Crippen LogP contribution in [-0.2, 0) is 4.43 Å². The molecule has 2 saturated carbocycles. The fraction of sp³-hybridized carbons (Fsp3) is 1.00. The summed E-state index contributed by atoms with van der Waals surface area (Å²) in [6.07, 6.45) is 7.84. The lowest BCUT2D eigenvalue weighted by molar-refractivity contribution is -0.0222. The summed E-state index contributed by atoms with van der Waals surface area (Å²) in [4.78, 5) is 0. The average molecular weight is 343 g/mol. The van der Waals surface area contributed by atoms with Crippen LogP contribution in [0.2, 0.25) is 19.6 Å². The van der Waals surface area contributed by atoms with Crippen molar-refractivity contribution in [3.05, 3.63) is 0 Å². The molecule has 1 unspecified atom stereocenters. The van der Waals surface area contributed by atoms with Crippen LogP contribution in [-0.4, -0.2) is 37.8 Å². The first-order valence-corrected chi connectivity index (χ1v) is 13.0. The van der Waals surface area contributed by atoms with Gasteiger partial charge in [-0.15, -0.1) is 0 Å². The maximum Gasteiger partial charge on any atom is 0.184 e. The first-order chi connectivity index (χ1) is 10.7. The quantitative estimate of drug-likeness (QED) is 0.686. The Bertz CT molecular complexity index is 377. The van der Waals surface area contributed by atoms with Crippen LogP contribution >= 0.6 is 0 Å². The van der Waals surface area contributed by atoms with Gasteiger partial charge in [0.2, 0.25) is 0 Å². The highest BCUT2D eigenvalue weighted by molar-refractivity contribution is 6.69. The average Bonchev–Trinajstić information content (AvgIpc) is 2.81. The highest BCUT2D eigenvalue weighted by atomic mass is 28.4. The maximum atomic E-state index is 9.41. The van der Waals surface area contributed by atoms with E-state index in [1.165, 1.54) is 32.1 Å². The van der Waals surface area contributed by atoms with E-state index in [0.717, 1.165) is 6.42 Å². The number of aliphatic hydroxyl groups is 2. The molecule has 0 spiro atoms. The molecule has 0 radical (unpaired) electrons. The van der Waals surface area contributed by atoms with E-state index in [9.17, 15) is 10.2 Å². The standard InChI is InChI=1S/C19H38O3Si/c1-14(11-15(12-20)13-21)16-8-9-17-18(22-23(3,4)5)7-6-10-19(16,17)2/h14-18,20-21H,6-13H2,1-5H3/t14-,16-,17?,18+,19-/m1/s1. The number of hydrogen-bond acceptors (Lipinski definition) is 3. The Morgan fingerprint density at radius 3 is 2.35 bits per heavy atom. The van der Waals surface area contributed by atoms with Crippen molar-refractivity contribution in [2.45, 2.75) is 78.1 Å². The van der Waals surface area contributed by atoms with Crippen molar-refractivity contribution in [2.75, 3.05) is 13.2 Å². The zero-order valence-electron chi connectivity index (χ0n) is 15.8. The Hall–Kier alpha value is 0.0969. The lowest BCUT2D eigenvalue weighted by atomic mass is 9.61. The van der Waals surface area contributed by atoms with Crippen LogP contribution in [0.4, 0.5) is 0 Å². The second kappa shape index (κ2) is 7.55. The molecule has 0 aromatic rings. The summed E-state index contributed by atoms with van der Waals surface area (Å²) in [6, 6.07) is 0. The summed E-state index contributed by atoms with van der Waals surface area (Å²) in [5, 5.41) is 18.8. The molecule has 0 heterocycles. The fourth-order valence-electron chi connectivity index (χ4n) is 5.59. The van der Waals surface area contributed by atoms with Gasteiger partial charge in [-0.05, 0) is 74.9 Å². The SMILES string of the molecule is C[C@H](CC(CO)CO)[C@H]1CCC2[C@@H](O[Si](C)(C)C)CCC[C@@]21C. The zero-order chi connectivity index (χ0) is 17.3. The van der Waals surface area contributed by atoms with Gasteiger partial charge in [0.25, 0.3) is 0 Å². The van der Waals surface area contributed by atoms with Crippen molar-refractivity contribution in [1.29, 1.82) is 0 Å². The minimum Gasteiger partial charge on any atom is -0.414 e. The van der Waals surface area contributed by atoms with Gasteiger partial charge in [-0.25, -0.2) is 0 Å². The van der Waals surface area contributed by atoms with E-state index < -0.39 is 8.32 Å². The van der Waals surface area contributed by atoms with Crippen molar-refractivity contribution < 1.29 is 14.6 Å². The van der Waals surface area contributed by atoms with Crippen molar-refractivity contribution in [3.8, 4) is 0 Å². The molecule has 4 heteroatoms. The molecule has 0 aromatic heterocycles. The number of aliphatic hydroxyl groups excluding tert-OH is 2. The summed E-state index contributed by atoms with van der Waals surface area (Å²) < 4.78 is 6.57. The Balaban J connectivity index is 2.08. The van der Waals surface area contributed by atoms with Crippen LogP contribution in [0.5, 0.6) is 0 Å². The van der Waals surface area contributed by atoms with Gasteiger partial charge in [0, 0.05) is 25.2 Å². The fourth-order valence-corrected chi connectivity index (χ4v) is 6.78. The molecule has 0 saturated heterocycles. The molecule has 2 fully saturated rings. The van der Waals surface area contributed by atoms with E-state index in [4.69, 9.17) is 4.43 Å². The molecule has 3 nitrogen and oxygen atoms in total. The molecule has 136 valence electrons. The van der Waals surface area contributed by atoms with Crippen molar-refractivity contribution >= 4 is 8.32 Å². The van der Waals surface area contributed by atoms with Gasteiger partial charge in [0.05, 0.1) is 0 Å². The van der Waals surface area contributed by atoms with Gasteiger partial charge in [-0.3, -0.25) is 0 Å². The smallest absolute Gasteiger partial charge is 0.184 e. The lowest BCUT2D eigenvalue weighted by Crippen LogP contribution is -2.46. The maximum absolute atomic E-state index is 9.41. The van der Waals surface area contributed by atoms with Gasteiger partial charge in [-0.1, -0.05) is 20.3 Å². The molecule has 5 atom stereocenters. The van der Waals surface area contributed by atoms with Crippen LogP contribution in [0, 0.1) is 29.1 Å². The first-order valence-electron chi connectivity index (χ1n) is 9.60. The van der Waals surface area contributed by atoms with Crippen LogP contribution in [0.15, 0.2) is 0 Å². The number of rotatable bonds is 7. The molecule has 23 heavy (non-hydrogen) atoms. The van der Waals surface area contributed by atoms with Gasteiger partial charge in [0.1, 0.15) is 0 Å². The minimum atomic E-state index is -1.49. The van der Waals surface area contributed by atoms with Crippen LogP contribution in [0.1, 0.15) is 52.4 Å². The monoisotopic (exact) mass is 342 g/mol. The highest BCUT2D eigenvalue weighted by Gasteiger charge is 2.53. The third kappa shape index (κ3) is 4.39. The molecule has 0 aromatic carbocycles. The van der Waals surface area contributed by atoms with E-state index in [-0.39, 0.29) is 19.1 Å². The topological polar surface area (TPSA) is 49.7 Å². The Kier molecular flexibility index (Phi) is 6.37.